The van der Waals surface area contributed by atoms with Crippen LogP contribution >= 0.6 is 0 Å². The second kappa shape index (κ2) is 30.1. The average molecular weight is 1060 g/mol. The van der Waals surface area contributed by atoms with Crippen LogP contribution in [0.2, 0.25) is 0 Å². The molecule has 18 nitrogen and oxygen atoms in total. The maximum atomic E-state index is 14.7. The monoisotopic (exact) mass is 1060 g/mol. The van der Waals surface area contributed by atoms with E-state index in [4.69, 9.17) is 14.2 Å². The minimum absolute atomic E-state index is 0.0403. The van der Waals surface area contributed by atoms with Gasteiger partial charge in [0.25, 0.3) is 11.8 Å². The Kier molecular flexibility index (Phi) is 24.8. The Balaban J connectivity index is 1.35. The number of aliphatic hydroxyl groups is 1. The van der Waals surface area contributed by atoms with Crippen LogP contribution in [0.1, 0.15) is 130 Å². The van der Waals surface area contributed by atoms with Gasteiger partial charge in [0.05, 0.1) is 54.8 Å². The number of hydrogen-bond acceptors (Lipinski definition) is 12. The molecule has 7 amide bonds. The molecule has 3 N–H and O–H groups in total. The van der Waals surface area contributed by atoms with Crippen molar-refractivity contribution in [1.82, 2.24) is 24.9 Å². The summed E-state index contributed by atoms with van der Waals surface area (Å²) in [6.07, 6.45) is 3.50. The van der Waals surface area contributed by atoms with Crippen LogP contribution in [0.15, 0.2) is 66.7 Å². The first-order chi connectivity index (χ1) is 36.1. The summed E-state index contributed by atoms with van der Waals surface area (Å²) in [4.78, 5) is 112. The van der Waals surface area contributed by atoms with Gasteiger partial charge in [-0.15, -0.1) is 0 Å². The van der Waals surface area contributed by atoms with Crippen molar-refractivity contribution >= 4 is 53.0 Å². The maximum Gasteiger partial charge on any atom is 0.410 e. The smallest absolute Gasteiger partial charge is 0.410 e. The molecule has 0 bridgehead atoms. The molecule has 0 spiro atoms. The molecule has 2 aromatic rings. The zero-order chi connectivity index (χ0) is 56.4. The quantitative estimate of drug-likeness (QED) is 0.0527. The van der Waals surface area contributed by atoms with Crippen molar-refractivity contribution in [3.63, 3.8) is 0 Å². The summed E-state index contributed by atoms with van der Waals surface area (Å²) in [7, 11) is 6.27. The predicted molar refractivity (Wildman–Crippen MR) is 289 cm³/mol. The number of aliphatic hydroxyl groups excluding tert-OH is 1. The molecule has 0 radical (unpaired) electrons. The van der Waals surface area contributed by atoms with Gasteiger partial charge in [0.2, 0.25) is 23.6 Å². The van der Waals surface area contributed by atoms with Crippen LogP contribution < -0.4 is 10.6 Å². The lowest BCUT2D eigenvalue weighted by atomic mass is 9.83. The van der Waals surface area contributed by atoms with Crippen LogP contribution in [0.3, 0.4) is 0 Å². The highest BCUT2D eigenvalue weighted by atomic mass is 16.6. The number of Topliss-reactive ketones (excluding diaryl/α,β-unsaturated/α-hetero) is 1. The number of ketones is 1. The molecule has 10 atom stereocenters. The van der Waals surface area contributed by atoms with Crippen LogP contribution in [0, 0.1) is 29.6 Å². The molecule has 2 aromatic carbocycles. The molecule has 18 heteroatoms. The van der Waals surface area contributed by atoms with Crippen molar-refractivity contribution in [1.29, 1.82) is 0 Å². The topological polar surface area (TPSA) is 221 Å². The zero-order valence-corrected chi connectivity index (χ0v) is 47.0. The van der Waals surface area contributed by atoms with Gasteiger partial charge in [-0.25, -0.2) is 4.79 Å². The minimum atomic E-state index is -0.915. The number of imide groups is 1. The Labute approximate surface area is 450 Å². The number of nitrogens with zero attached hydrogens (tertiary/aromatic N) is 4. The number of unbranched alkanes of at least 4 members (excludes halogenated alkanes) is 2. The summed E-state index contributed by atoms with van der Waals surface area (Å²) in [5, 5.41) is 16.7. The van der Waals surface area contributed by atoms with E-state index >= 15 is 0 Å². The van der Waals surface area contributed by atoms with E-state index in [1.165, 1.54) is 43.2 Å². The number of ether oxygens (including phenoxy) is 3. The van der Waals surface area contributed by atoms with E-state index in [2.05, 4.69) is 10.6 Å². The highest BCUT2D eigenvalue weighted by molar-refractivity contribution is 6.12. The van der Waals surface area contributed by atoms with Crippen molar-refractivity contribution in [3.05, 3.63) is 77.9 Å². The molecular weight excluding hydrogens is 973 g/mol. The summed E-state index contributed by atoms with van der Waals surface area (Å²) < 4.78 is 17.7. The van der Waals surface area contributed by atoms with Crippen LogP contribution in [0.5, 0.6) is 0 Å². The summed E-state index contributed by atoms with van der Waals surface area (Å²) >= 11 is 0. The molecular formula is C58H86N6O12. The minimum Gasteiger partial charge on any atom is -0.445 e. The van der Waals surface area contributed by atoms with E-state index in [1.807, 2.05) is 59.7 Å². The number of anilines is 1. The van der Waals surface area contributed by atoms with E-state index in [0.717, 1.165) is 0 Å². The average Bonchev–Trinajstić information content (AvgIpc) is 4.01. The zero-order valence-electron chi connectivity index (χ0n) is 47.0. The predicted octanol–water partition coefficient (Wildman–Crippen LogP) is 7.09. The van der Waals surface area contributed by atoms with E-state index in [-0.39, 0.29) is 84.8 Å². The van der Waals surface area contributed by atoms with Gasteiger partial charge in [-0.3, -0.25) is 38.5 Å². The highest BCUT2D eigenvalue weighted by Crippen LogP contribution is 2.32. The summed E-state index contributed by atoms with van der Waals surface area (Å²) in [5.41, 5.74) is 1.91. The summed E-state index contributed by atoms with van der Waals surface area (Å²) in [5.74, 6) is -3.98. The number of benzene rings is 2. The Morgan fingerprint density at radius 1 is 0.803 bits per heavy atom. The Morgan fingerprint density at radius 3 is 2.03 bits per heavy atom. The third kappa shape index (κ3) is 17.0. The lowest BCUT2D eigenvalue weighted by Crippen LogP contribution is -2.55. The number of nitrogens with one attached hydrogen (secondary N) is 2. The number of methoxy groups -OCH3 is 2. The SMILES string of the molecule is CC[C@H](C)[C@@H]([C@@H](CC(=O)N1CCC[C@H]1[C@H](OC)[C@@H](C)C(=O)N[C@H](C)[C@@H](O)c1ccccc1)OC)N(C)C(=O)[C@@H](CC(=O)[C@H](C(C)C)N(C)C(=O)OCc1ccc(NC(=O)CCCCCN2C(=O)C=CC2=O)cc1)C(C)C. The van der Waals surface area contributed by atoms with Gasteiger partial charge in [-0.05, 0) is 73.6 Å². The molecule has 0 aliphatic carbocycles. The van der Waals surface area contributed by atoms with Gasteiger partial charge >= 0.3 is 6.09 Å². The van der Waals surface area contributed by atoms with Crippen molar-refractivity contribution in [2.24, 2.45) is 29.6 Å². The molecule has 76 heavy (non-hydrogen) atoms. The summed E-state index contributed by atoms with van der Waals surface area (Å²) in [6, 6.07) is 13.6. The van der Waals surface area contributed by atoms with Crippen LogP contribution in [-0.2, 0) is 54.4 Å². The number of likely N-dealkylation sites (N-methyl/N-ethyl adjacent to an activating group) is 2. The lowest BCUT2D eigenvalue weighted by molar-refractivity contribution is -0.149. The first-order valence-corrected chi connectivity index (χ1v) is 27.1. The first-order valence-electron chi connectivity index (χ1n) is 27.1. The molecule has 2 aliphatic rings. The van der Waals surface area contributed by atoms with Gasteiger partial charge in [-0.2, -0.15) is 0 Å². The van der Waals surface area contributed by atoms with Gasteiger partial charge in [0, 0.05) is 78.0 Å². The van der Waals surface area contributed by atoms with Gasteiger partial charge in [0.1, 0.15) is 6.61 Å². The third-order valence-electron chi connectivity index (χ3n) is 15.2. The van der Waals surface area contributed by atoms with Gasteiger partial charge < -0.3 is 44.7 Å². The molecule has 1 fully saturated rings. The van der Waals surface area contributed by atoms with E-state index in [0.29, 0.717) is 68.4 Å². The summed E-state index contributed by atoms with van der Waals surface area (Å²) in [6.45, 7) is 15.7. The number of likely N-dealkylation sites (tertiary alicyclic amines) is 1. The number of hydrogen-bond donors (Lipinski definition) is 3. The van der Waals surface area contributed by atoms with Crippen molar-refractivity contribution in [3.8, 4) is 0 Å². The van der Waals surface area contributed by atoms with Crippen LogP contribution in [-0.4, -0.2) is 150 Å². The van der Waals surface area contributed by atoms with Gasteiger partial charge in [0.15, 0.2) is 5.78 Å². The second-order valence-corrected chi connectivity index (χ2v) is 21.3. The number of carbonyl (C=O) groups is 8. The molecule has 2 aliphatic heterocycles. The second-order valence-electron chi connectivity index (χ2n) is 21.3. The standard InChI is InChI=1S/C58H86N6O12/c1-13-38(6)53(47(74-11)34-51(69)63-32-20-23-45(63)55(75-12)39(7)56(71)59-40(8)54(70)42-21-16-14-17-22-42)61(9)57(72)44(36(2)3)33-46(65)52(37(4)5)62(10)58(73)76-35-41-25-27-43(28-26-41)60-48(66)24-18-15-19-31-64-49(67)29-30-50(64)68/h14,16-17,21-22,25-30,36-40,44-45,47,52-55,70H,13,15,18-20,23-24,31-35H2,1-12H3,(H,59,71)(H,60,66)/t38-,39+,40+,44-,45-,47+,52-,53-,54+,55+/m0/s1. The van der Waals surface area contributed by atoms with E-state index in [9.17, 15) is 43.5 Å². The maximum absolute atomic E-state index is 14.7. The van der Waals surface area contributed by atoms with Crippen LogP contribution in [0.25, 0.3) is 0 Å². The molecule has 4 rings (SSSR count). The lowest BCUT2D eigenvalue weighted by Gasteiger charge is -2.41. The van der Waals surface area contributed by atoms with Crippen molar-refractivity contribution in [2.75, 3.05) is 46.7 Å². The molecule has 0 unspecified atom stereocenters. The largest absolute Gasteiger partial charge is 0.445 e. The normalized spacial score (nSPS) is 18.1. The fourth-order valence-corrected chi connectivity index (χ4v) is 10.6. The molecule has 0 saturated carbocycles. The number of rotatable bonds is 30. The fraction of sp³-hybridized carbons (Fsp3) is 0.621. The van der Waals surface area contributed by atoms with Crippen molar-refractivity contribution in [2.45, 2.75) is 162 Å². The van der Waals surface area contributed by atoms with E-state index in [1.54, 1.807) is 67.1 Å². The van der Waals surface area contributed by atoms with Crippen molar-refractivity contribution < 1.29 is 57.7 Å². The number of carbonyl (C=O) groups excluding carboxylic acids is 8. The number of amides is 7. The third-order valence-corrected chi connectivity index (χ3v) is 15.2. The van der Waals surface area contributed by atoms with Crippen LogP contribution in [0.4, 0.5) is 10.5 Å². The molecule has 2 heterocycles. The Bertz CT molecular complexity index is 2270. The van der Waals surface area contributed by atoms with Gasteiger partial charge in [-0.1, -0.05) is 104 Å². The fourth-order valence-electron chi connectivity index (χ4n) is 10.6. The van der Waals surface area contributed by atoms with E-state index < -0.39 is 60.4 Å². The highest BCUT2D eigenvalue weighted by Gasteiger charge is 2.44. The Morgan fingerprint density at radius 2 is 1.45 bits per heavy atom. The Hall–Kier alpha value is -5.98. The molecule has 0 aromatic heterocycles. The molecule has 420 valence electrons. The first kappa shape index (κ1) is 62.6. The molecule has 1 saturated heterocycles.